The molecule has 8 heteroatoms. The van der Waals surface area contributed by atoms with E-state index in [2.05, 4.69) is 26.3 Å². The van der Waals surface area contributed by atoms with Gasteiger partial charge in [0.05, 0.1) is 16.9 Å². The molecule has 1 aromatic heterocycles. The minimum Gasteiger partial charge on any atom is -0.368 e. The molecule has 1 aromatic carbocycles. The van der Waals surface area contributed by atoms with E-state index in [4.69, 9.17) is 17.3 Å². The molecular formula is C16H18BrClN4O2. The number of hydrogen-bond donors (Lipinski definition) is 3. The number of aryl methyl sites for hydroxylation is 1. The lowest BCUT2D eigenvalue weighted by atomic mass is 10.1. The van der Waals surface area contributed by atoms with Gasteiger partial charge in [0.15, 0.2) is 6.23 Å². The Hall–Kier alpha value is -1.57. The topological polar surface area (TPSA) is 93.2 Å². The van der Waals surface area contributed by atoms with Crippen molar-refractivity contribution in [2.75, 3.05) is 5.32 Å². The molecule has 1 aliphatic rings. The summed E-state index contributed by atoms with van der Waals surface area (Å²) >= 11 is 9.34. The zero-order valence-electron chi connectivity index (χ0n) is 13.1. The maximum atomic E-state index is 11.7. The van der Waals surface area contributed by atoms with Gasteiger partial charge in [-0.25, -0.2) is 0 Å². The molecule has 4 N–H and O–H groups in total. The molecule has 0 saturated heterocycles. The second-order valence-corrected chi connectivity index (χ2v) is 7.32. The lowest BCUT2D eigenvalue weighted by Crippen LogP contribution is -2.20. The van der Waals surface area contributed by atoms with Crippen LogP contribution in [0, 0.1) is 12.8 Å². The van der Waals surface area contributed by atoms with Gasteiger partial charge in [-0.15, -0.1) is 0 Å². The minimum atomic E-state index is -1.03. The normalized spacial score (nSPS) is 15.3. The molecule has 1 fully saturated rings. The first-order chi connectivity index (χ1) is 11.3. The van der Waals surface area contributed by atoms with Gasteiger partial charge < -0.3 is 16.2 Å². The number of aliphatic hydroxyl groups is 1. The predicted octanol–water partition coefficient (Wildman–Crippen LogP) is 3.22. The molecule has 1 heterocycles. The maximum Gasteiger partial charge on any atom is 0.250 e. The van der Waals surface area contributed by atoms with Gasteiger partial charge in [-0.3, -0.25) is 9.48 Å². The maximum absolute atomic E-state index is 11.7. The number of carbonyl (C=O) groups excluding carboxylic acids is 1. The standard InChI is InChI=1S/C16H18BrClN4O2/c1-8-4-10(18)5-11(15(19)23)14(8)20-16(24)12-6-13(17)21-22(12)7-9-2-3-9/h4-6,9,16,20,24H,2-3,7H2,1H3,(H2,19,23). The van der Waals surface area contributed by atoms with Crippen LogP contribution in [0.2, 0.25) is 5.02 Å². The molecule has 1 saturated carbocycles. The summed E-state index contributed by atoms with van der Waals surface area (Å²) in [5.74, 6) is 0.00386. The molecule has 1 atom stereocenters. The molecule has 128 valence electrons. The number of aromatic nitrogens is 2. The Labute approximate surface area is 153 Å². The third-order valence-corrected chi connectivity index (χ3v) is 4.64. The number of nitrogens with two attached hydrogens (primary N) is 1. The minimum absolute atomic E-state index is 0.242. The Bertz CT molecular complexity index is 789. The fourth-order valence-electron chi connectivity index (χ4n) is 2.65. The second-order valence-electron chi connectivity index (χ2n) is 6.07. The van der Waals surface area contributed by atoms with E-state index in [1.54, 1.807) is 23.7 Å². The largest absolute Gasteiger partial charge is 0.368 e. The molecule has 0 spiro atoms. The van der Waals surface area contributed by atoms with Gasteiger partial charge in [-0.1, -0.05) is 11.6 Å². The van der Waals surface area contributed by atoms with Crippen molar-refractivity contribution in [3.05, 3.63) is 44.6 Å². The zero-order valence-corrected chi connectivity index (χ0v) is 15.4. The van der Waals surface area contributed by atoms with E-state index in [1.807, 2.05) is 0 Å². The number of aliphatic hydroxyl groups excluding tert-OH is 1. The Morgan fingerprint density at radius 1 is 1.54 bits per heavy atom. The number of carbonyl (C=O) groups is 1. The third kappa shape index (κ3) is 3.74. The Morgan fingerprint density at radius 2 is 2.25 bits per heavy atom. The first-order valence-electron chi connectivity index (χ1n) is 7.63. The fraction of sp³-hybridized carbons (Fsp3) is 0.375. The monoisotopic (exact) mass is 412 g/mol. The van der Waals surface area contributed by atoms with Crippen LogP contribution in [-0.2, 0) is 6.54 Å². The zero-order chi connectivity index (χ0) is 17.4. The number of amides is 1. The van der Waals surface area contributed by atoms with E-state index in [9.17, 15) is 9.90 Å². The number of benzene rings is 1. The highest BCUT2D eigenvalue weighted by Crippen LogP contribution is 2.33. The van der Waals surface area contributed by atoms with Crippen molar-refractivity contribution < 1.29 is 9.90 Å². The summed E-state index contributed by atoms with van der Waals surface area (Å²) in [5, 5.41) is 18.4. The van der Waals surface area contributed by atoms with E-state index in [0.29, 0.717) is 26.9 Å². The van der Waals surface area contributed by atoms with Crippen LogP contribution in [0.1, 0.15) is 40.7 Å². The summed E-state index contributed by atoms with van der Waals surface area (Å²) in [4.78, 5) is 11.7. The van der Waals surface area contributed by atoms with E-state index in [0.717, 1.165) is 12.1 Å². The smallest absolute Gasteiger partial charge is 0.250 e. The number of halogens is 2. The first-order valence-corrected chi connectivity index (χ1v) is 8.80. The Balaban J connectivity index is 1.90. The number of hydrogen-bond acceptors (Lipinski definition) is 4. The average molecular weight is 414 g/mol. The van der Waals surface area contributed by atoms with E-state index >= 15 is 0 Å². The highest BCUT2D eigenvalue weighted by Gasteiger charge is 2.26. The van der Waals surface area contributed by atoms with Crippen molar-refractivity contribution in [1.82, 2.24) is 9.78 Å². The molecule has 1 aliphatic carbocycles. The average Bonchev–Trinajstić information content (AvgIpc) is 3.22. The van der Waals surface area contributed by atoms with Gasteiger partial charge in [0, 0.05) is 11.6 Å². The first kappa shape index (κ1) is 17.3. The second kappa shape index (κ2) is 6.74. The summed E-state index contributed by atoms with van der Waals surface area (Å²) in [7, 11) is 0. The molecule has 1 unspecified atom stereocenters. The van der Waals surface area contributed by atoms with Crippen molar-refractivity contribution in [1.29, 1.82) is 0 Å². The van der Waals surface area contributed by atoms with Crippen LogP contribution in [0.15, 0.2) is 22.8 Å². The molecule has 0 bridgehead atoms. The summed E-state index contributed by atoms with van der Waals surface area (Å²) in [5.41, 5.74) is 7.49. The molecular weight excluding hydrogens is 396 g/mol. The van der Waals surface area contributed by atoms with Crippen LogP contribution in [0.4, 0.5) is 5.69 Å². The molecule has 0 radical (unpaired) electrons. The molecule has 3 rings (SSSR count). The SMILES string of the molecule is Cc1cc(Cl)cc(C(N)=O)c1NC(O)c1cc(Br)nn1CC1CC1. The van der Waals surface area contributed by atoms with Crippen LogP contribution in [0.5, 0.6) is 0 Å². The van der Waals surface area contributed by atoms with Crippen LogP contribution in [-0.4, -0.2) is 20.8 Å². The summed E-state index contributed by atoms with van der Waals surface area (Å²) < 4.78 is 2.44. The third-order valence-electron chi connectivity index (χ3n) is 4.04. The lowest BCUT2D eigenvalue weighted by Gasteiger charge is -2.19. The Morgan fingerprint density at radius 3 is 2.88 bits per heavy atom. The number of nitrogens with zero attached hydrogens (tertiary/aromatic N) is 2. The van der Waals surface area contributed by atoms with Crippen molar-refractivity contribution in [3.63, 3.8) is 0 Å². The number of nitrogens with one attached hydrogen (secondary N) is 1. The quantitative estimate of drug-likeness (QED) is 0.634. The molecule has 2 aromatic rings. The molecule has 6 nitrogen and oxygen atoms in total. The highest BCUT2D eigenvalue weighted by atomic mass is 79.9. The van der Waals surface area contributed by atoms with Gasteiger partial charge in [0.25, 0.3) is 5.91 Å². The summed E-state index contributed by atoms with van der Waals surface area (Å²) in [6.45, 7) is 2.56. The predicted molar refractivity (Wildman–Crippen MR) is 95.9 cm³/mol. The van der Waals surface area contributed by atoms with Gasteiger partial charge >= 0.3 is 0 Å². The van der Waals surface area contributed by atoms with Crippen molar-refractivity contribution in [3.8, 4) is 0 Å². The van der Waals surface area contributed by atoms with Crippen LogP contribution in [0.25, 0.3) is 0 Å². The number of primary amides is 1. The van der Waals surface area contributed by atoms with Crippen molar-refractivity contribution in [2.24, 2.45) is 11.7 Å². The van der Waals surface area contributed by atoms with Gasteiger partial charge in [0.2, 0.25) is 0 Å². The highest BCUT2D eigenvalue weighted by molar-refractivity contribution is 9.10. The van der Waals surface area contributed by atoms with E-state index in [-0.39, 0.29) is 5.56 Å². The summed E-state index contributed by atoms with van der Waals surface area (Å²) in [6.07, 6.45) is 1.34. The van der Waals surface area contributed by atoms with E-state index in [1.165, 1.54) is 18.9 Å². The van der Waals surface area contributed by atoms with E-state index < -0.39 is 12.1 Å². The van der Waals surface area contributed by atoms with Crippen LogP contribution >= 0.6 is 27.5 Å². The van der Waals surface area contributed by atoms with Crippen LogP contribution in [0.3, 0.4) is 0 Å². The van der Waals surface area contributed by atoms with Crippen molar-refractivity contribution in [2.45, 2.75) is 32.5 Å². The molecule has 1 amide bonds. The summed E-state index contributed by atoms with van der Waals surface area (Å²) in [6, 6.07) is 4.96. The number of rotatable bonds is 6. The van der Waals surface area contributed by atoms with Crippen molar-refractivity contribution >= 4 is 39.1 Å². The van der Waals surface area contributed by atoms with Gasteiger partial charge in [0.1, 0.15) is 4.60 Å². The Kier molecular flexibility index (Phi) is 4.85. The lowest BCUT2D eigenvalue weighted by molar-refractivity contribution is 0.100. The molecule has 24 heavy (non-hydrogen) atoms. The molecule has 0 aliphatic heterocycles. The van der Waals surface area contributed by atoms with Gasteiger partial charge in [-0.2, -0.15) is 5.10 Å². The fourth-order valence-corrected chi connectivity index (χ4v) is 3.35. The van der Waals surface area contributed by atoms with Gasteiger partial charge in [-0.05, 0) is 65.4 Å². The number of anilines is 1. The van der Waals surface area contributed by atoms with Crippen LogP contribution < -0.4 is 11.1 Å².